The van der Waals surface area contributed by atoms with E-state index >= 15 is 0 Å². The summed E-state index contributed by atoms with van der Waals surface area (Å²) in [6.07, 6.45) is 0. The van der Waals surface area contributed by atoms with E-state index in [0.717, 1.165) is 6.07 Å². The van der Waals surface area contributed by atoms with Gasteiger partial charge in [0.15, 0.2) is 0 Å². The van der Waals surface area contributed by atoms with Crippen LogP contribution in [0.1, 0.15) is 10.4 Å². The summed E-state index contributed by atoms with van der Waals surface area (Å²) >= 11 is 0. The van der Waals surface area contributed by atoms with E-state index in [4.69, 9.17) is 5.11 Å². The van der Waals surface area contributed by atoms with E-state index in [-0.39, 0.29) is 5.56 Å². The van der Waals surface area contributed by atoms with Gasteiger partial charge in [-0.25, -0.2) is 0 Å². The van der Waals surface area contributed by atoms with Gasteiger partial charge in [0.25, 0.3) is 5.91 Å². The number of hydrogen-bond donors (Lipinski definition) is 2. The second-order valence-electron chi connectivity index (χ2n) is 3.40. The van der Waals surface area contributed by atoms with Crippen LogP contribution in [0.5, 0.6) is 5.75 Å². The number of ether oxygens (including phenoxy) is 1. The number of carboxylic acids is 1. The molecule has 1 unspecified atom stereocenters. The van der Waals surface area contributed by atoms with E-state index in [9.17, 15) is 23.5 Å². The van der Waals surface area contributed by atoms with Gasteiger partial charge in [0, 0.05) is 0 Å². The minimum Gasteiger partial charge on any atom is -0.548 e. The molecule has 0 spiro atoms. The van der Waals surface area contributed by atoms with Gasteiger partial charge in [0.1, 0.15) is 5.75 Å². The standard InChI is InChI=1S/C11H11F2NO5/c12-11(13)19-8-4-2-1-3-6(8)9(16)14-7(5-15)10(17)18/h1-4,7,11,15H,5H2,(H,14,16)(H,17,18)/p-1. The number of carbonyl (C=O) groups is 2. The van der Waals surface area contributed by atoms with Gasteiger partial charge in [-0.1, -0.05) is 12.1 Å². The maximum absolute atomic E-state index is 12.1. The molecule has 0 aromatic heterocycles. The third-order valence-corrected chi connectivity index (χ3v) is 2.12. The molecule has 0 fully saturated rings. The molecule has 1 aromatic carbocycles. The number of nitrogens with one attached hydrogen (secondary N) is 1. The first-order valence-electron chi connectivity index (χ1n) is 5.12. The molecule has 6 nitrogen and oxygen atoms in total. The van der Waals surface area contributed by atoms with Crippen LogP contribution in [0.3, 0.4) is 0 Å². The molecule has 1 atom stereocenters. The maximum atomic E-state index is 12.1. The van der Waals surface area contributed by atoms with Gasteiger partial charge < -0.3 is 25.1 Å². The highest BCUT2D eigenvalue weighted by atomic mass is 19.3. The molecular weight excluding hydrogens is 264 g/mol. The first-order chi connectivity index (χ1) is 8.95. The van der Waals surface area contributed by atoms with Crippen molar-refractivity contribution in [1.82, 2.24) is 5.32 Å². The summed E-state index contributed by atoms with van der Waals surface area (Å²) in [7, 11) is 0. The summed E-state index contributed by atoms with van der Waals surface area (Å²) in [6.45, 7) is -4.00. The zero-order chi connectivity index (χ0) is 14.4. The third kappa shape index (κ3) is 4.18. The number of amides is 1. The van der Waals surface area contributed by atoms with Crippen LogP contribution >= 0.6 is 0 Å². The first kappa shape index (κ1) is 14.8. The fourth-order valence-electron chi connectivity index (χ4n) is 1.27. The van der Waals surface area contributed by atoms with Crippen LogP contribution in [0.25, 0.3) is 0 Å². The number of aliphatic hydroxyl groups is 1. The number of para-hydroxylation sites is 1. The summed E-state index contributed by atoms with van der Waals surface area (Å²) in [5, 5.41) is 21.2. The quantitative estimate of drug-likeness (QED) is 0.702. The Morgan fingerprint density at radius 3 is 2.53 bits per heavy atom. The van der Waals surface area contributed by atoms with Crippen LogP contribution in [0.4, 0.5) is 8.78 Å². The molecule has 2 N–H and O–H groups in total. The maximum Gasteiger partial charge on any atom is 0.387 e. The lowest BCUT2D eigenvalue weighted by molar-refractivity contribution is -0.308. The number of aliphatic carboxylic acids is 1. The molecule has 0 aliphatic rings. The molecule has 1 amide bonds. The molecule has 1 aromatic rings. The van der Waals surface area contributed by atoms with Crippen molar-refractivity contribution in [2.24, 2.45) is 0 Å². The summed E-state index contributed by atoms with van der Waals surface area (Å²) in [4.78, 5) is 22.2. The monoisotopic (exact) mass is 274 g/mol. The molecule has 0 aliphatic heterocycles. The van der Waals surface area contributed by atoms with Crippen molar-refractivity contribution in [2.75, 3.05) is 6.61 Å². The Balaban J connectivity index is 2.90. The van der Waals surface area contributed by atoms with Crippen LogP contribution in [0, 0.1) is 0 Å². The number of carbonyl (C=O) groups excluding carboxylic acids is 2. The van der Waals surface area contributed by atoms with E-state index in [2.05, 4.69) is 4.74 Å². The van der Waals surface area contributed by atoms with Gasteiger partial charge in [0.2, 0.25) is 0 Å². The average molecular weight is 274 g/mol. The Morgan fingerprint density at radius 1 is 1.37 bits per heavy atom. The van der Waals surface area contributed by atoms with Gasteiger partial charge in [-0.15, -0.1) is 0 Å². The Labute approximate surface area is 106 Å². The minimum absolute atomic E-state index is 0.275. The lowest BCUT2D eigenvalue weighted by Crippen LogP contribution is -2.50. The molecule has 104 valence electrons. The number of halogens is 2. The topological polar surface area (TPSA) is 98.7 Å². The van der Waals surface area contributed by atoms with Crippen molar-refractivity contribution < 1.29 is 33.3 Å². The molecule has 0 aliphatic carbocycles. The molecule has 0 saturated heterocycles. The second kappa shape index (κ2) is 6.64. The zero-order valence-corrected chi connectivity index (χ0v) is 9.51. The van der Waals surface area contributed by atoms with Crippen molar-refractivity contribution in [1.29, 1.82) is 0 Å². The number of carboxylic acid groups (broad SMARTS) is 1. The zero-order valence-electron chi connectivity index (χ0n) is 9.51. The predicted octanol–water partition coefficient (Wildman–Crippen LogP) is -0.871. The number of rotatable bonds is 6. The molecule has 1 rings (SSSR count). The SMILES string of the molecule is O=C(NC(CO)C(=O)[O-])c1ccccc1OC(F)F. The lowest BCUT2D eigenvalue weighted by atomic mass is 10.1. The Morgan fingerprint density at radius 2 is 2.00 bits per heavy atom. The van der Waals surface area contributed by atoms with Crippen molar-refractivity contribution in [3.63, 3.8) is 0 Å². The van der Waals surface area contributed by atoms with Crippen LogP contribution in [0.15, 0.2) is 24.3 Å². The van der Waals surface area contributed by atoms with Crippen LogP contribution in [-0.2, 0) is 4.79 Å². The van der Waals surface area contributed by atoms with Gasteiger partial charge in [-0.2, -0.15) is 8.78 Å². The second-order valence-corrected chi connectivity index (χ2v) is 3.40. The molecular formula is C11H10F2NO5-. The molecule has 19 heavy (non-hydrogen) atoms. The number of hydrogen-bond acceptors (Lipinski definition) is 5. The molecule has 0 saturated carbocycles. The van der Waals surface area contributed by atoms with E-state index in [1.54, 1.807) is 0 Å². The number of alkyl halides is 2. The fourth-order valence-corrected chi connectivity index (χ4v) is 1.27. The van der Waals surface area contributed by atoms with Gasteiger partial charge in [-0.05, 0) is 12.1 Å². The Kier molecular flexibility index (Phi) is 5.19. The van der Waals surface area contributed by atoms with E-state index in [1.165, 1.54) is 18.2 Å². The fraction of sp³-hybridized carbons (Fsp3) is 0.273. The van der Waals surface area contributed by atoms with Gasteiger partial charge >= 0.3 is 6.61 Å². The normalized spacial score (nSPS) is 12.0. The predicted molar refractivity (Wildman–Crippen MR) is 56.4 cm³/mol. The van der Waals surface area contributed by atoms with Gasteiger partial charge in [-0.3, -0.25) is 4.79 Å². The number of benzene rings is 1. The summed E-state index contributed by atoms with van der Waals surface area (Å²) in [5.41, 5.74) is -0.275. The van der Waals surface area contributed by atoms with Crippen LogP contribution < -0.4 is 15.2 Å². The molecule has 8 heteroatoms. The largest absolute Gasteiger partial charge is 0.548 e. The smallest absolute Gasteiger partial charge is 0.387 e. The lowest BCUT2D eigenvalue weighted by Gasteiger charge is -2.18. The number of aliphatic hydroxyl groups excluding tert-OH is 1. The minimum atomic E-state index is -3.12. The van der Waals surface area contributed by atoms with Crippen LogP contribution in [0.2, 0.25) is 0 Å². The van der Waals surface area contributed by atoms with Gasteiger partial charge in [0.05, 0.1) is 24.2 Å². The highest BCUT2D eigenvalue weighted by Gasteiger charge is 2.18. The highest BCUT2D eigenvalue weighted by molar-refractivity contribution is 5.98. The van der Waals surface area contributed by atoms with E-state index < -0.39 is 36.9 Å². The van der Waals surface area contributed by atoms with Crippen molar-refractivity contribution in [2.45, 2.75) is 12.7 Å². The van der Waals surface area contributed by atoms with Crippen molar-refractivity contribution in [3.05, 3.63) is 29.8 Å². The van der Waals surface area contributed by atoms with E-state index in [1.807, 2.05) is 5.32 Å². The highest BCUT2D eigenvalue weighted by Crippen LogP contribution is 2.20. The Hall–Kier alpha value is -2.22. The summed E-state index contributed by atoms with van der Waals surface area (Å²) < 4.78 is 28.4. The third-order valence-electron chi connectivity index (χ3n) is 2.12. The van der Waals surface area contributed by atoms with E-state index in [0.29, 0.717) is 0 Å². The molecule has 0 heterocycles. The first-order valence-corrected chi connectivity index (χ1v) is 5.12. The van der Waals surface area contributed by atoms with Crippen molar-refractivity contribution in [3.8, 4) is 5.75 Å². The molecule has 0 radical (unpaired) electrons. The Bertz CT molecular complexity index is 466. The van der Waals surface area contributed by atoms with Crippen molar-refractivity contribution >= 4 is 11.9 Å². The van der Waals surface area contributed by atoms with Crippen LogP contribution in [-0.4, -0.2) is 36.2 Å². The molecule has 0 bridgehead atoms. The average Bonchev–Trinajstić information content (AvgIpc) is 2.35. The summed E-state index contributed by atoms with van der Waals surface area (Å²) in [5.74, 6) is -3.06. The summed E-state index contributed by atoms with van der Waals surface area (Å²) in [6, 6.07) is 3.44.